The summed E-state index contributed by atoms with van der Waals surface area (Å²) in [5.41, 5.74) is 2.18. The molecular formula is C27H34N2O2. The van der Waals surface area contributed by atoms with Crippen molar-refractivity contribution in [2.75, 3.05) is 26.2 Å². The molecule has 0 atom stereocenters. The van der Waals surface area contributed by atoms with Gasteiger partial charge in [-0.2, -0.15) is 0 Å². The Morgan fingerprint density at radius 3 is 1.90 bits per heavy atom. The van der Waals surface area contributed by atoms with Crippen molar-refractivity contribution in [2.24, 2.45) is 10.8 Å². The highest BCUT2D eigenvalue weighted by atomic mass is 16.5. The van der Waals surface area contributed by atoms with Gasteiger partial charge in [0.15, 0.2) is 0 Å². The molecule has 0 N–H and O–H groups in total. The average Bonchev–Trinajstić information content (AvgIpc) is 2.77. The molecule has 0 radical (unpaired) electrons. The lowest BCUT2D eigenvalue weighted by Gasteiger charge is -2.66. The molecule has 4 heterocycles. The molecule has 0 amide bonds. The van der Waals surface area contributed by atoms with Gasteiger partial charge in [-0.1, -0.05) is 69.2 Å². The molecule has 0 aliphatic carbocycles. The zero-order valence-electron chi connectivity index (χ0n) is 18.8. The van der Waals surface area contributed by atoms with Crippen molar-refractivity contribution in [3.63, 3.8) is 0 Å². The van der Waals surface area contributed by atoms with E-state index in [4.69, 9.17) is 4.74 Å². The van der Waals surface area contributed by atoms with E-state index in [2.05, 4.69) is 60.0 Å². The van der Waals surface area contributed by atoms with Crippen molar-refractivity contribution in [3.05, 3.63) is 65.7 Å². The monoisotopic (exact) mass is 418 g/mol. The summed E-state index contributed by atoms with van der Waals surface area (Å²) in [7, 11) is 0. The zero-order chi connectivity index (χ0) is 21.5. The van der Waals surface area contributed by atoms with E-state index in [-0.39, 0.29) is 17.0 Å². The first kappa shape index (κ1) is 20.7. The second-order valence-corrected chi connectivity index (χ2v) is 9.92. The van der Waals surface area contributed by atoms with Crippen LogP contribution in [0.15, 0.2) is 54.6 Å². The molecule has 4 bridgehead atoms. The second-order valence-electron chi connectivity index (χ2n) is 9.92. The van der Waals surface area contributed by atoms with Gasteiger partial charge in [-0.05, 0) is 36.1 Å². The molecule has 2 aromatic carbocycles. The number of Topliss-reactive ketones (excluding diaryl/α,β-unsaturated/α-hetero) is 1. The highest BCUT2D eigenvalue weighted by Crippen LogP contribution is 2.55. The first-order chi connectivity index (χ1) is 15.1. The molecule has 0 saturated carbocycles. The number of piperidine rings is 2. The first-order valence-electron chi connectivity index (χ1n) is 11.9. The van der Waals surface area contributed by atoms with Gasteiger partial charge in [0.1, 0.15) is 18.1 Å². The van der Waals surface area contributed by atoms with E-state index in [1.54, 1.807) is 0 Å². The van der Waals surface area contributed by atoms with Gasteiger partial charge in [0.25, 0.3) is 0 Å². The molecule has 2 aromatic rings. The summed E-state index contributed by atoms with van der Waals surface area (Å²) in [5.74, 6) is 1.47. The predicted octanol–water partition coefficient (Wildman–Crippen LogP) is 5.05. The summed E-state index contributed by atoms with van der Waals surface area (Å²) in [6.45, 7) is 8.68. The van der Waals surface area contributed by atoms with Gasteiger partial charge >= 0.3 is 0 Å². The smallest absolute Gasteiger partial charge is 0.150 e. The van der Waals surface area contributed by atoms with E-state index in [0.29, 0.717) is 12.4 Å². The molecule has 4 heteroatoms. The molecule has 164 valence electrons. The fourth-order valence-electron chi connectivity index (χ4n) is 6.59. The van der Waals surface area contributed by atoms with Crippen LogP contribution in [0.3, 0.4) is 0 Å². The zero-order valence-corrected chi connectivity index (χ0v) is 18.8. The summed E-state index contributed by atoms with van der Waals surface area (Å²) < 4.78 is 5.99. The normalized spacial score (nSPS) is 33.6. The van der Waals surface area contributed by atoms with Gasteiger partial charge < -0.3 is 4.74 Å². The van der Waals surface area contributed by atoms with Crippen molar-refractivity contribution in [2.45, 2.75) is 52.3 Å². The number of rotatable bonds is 8. The van der Waals surface area contributed by atoms with Crippen LogP contribution < -0.4 is 4.74 Å². The maximum absolute atomic E-state index is 13.6. The van der Waals surface area contributed by atoms with Crippen LogP contribution >= 0.6 is 0 Å². The topological polar surface area (TPSA) is 32.8 Å². The van der Waals surface area contributed by atoms with Crippen LogP contribution in [-0.4, -0.2) is 41.8 Å². The van der Waals surface area contributed by atoms with Crippen LogP contribution in [0.2, 0.25) is 0 Å². The van der Waals surface area contributed by atoms with Crippen molar-refractivity contribution in [1.29, 1.82) is 0 Å². The van der Waals surface area contributed by atoms with Gasteiger partial charge in [0, 0.05) is 26.2 Å². The van der Waals surface area contributed by atoms with E-state index in [1.807, 2.05) is 18.2 Å². The Labute approximate surface area is 186 Å². The van der Waals surface area contributed by atoms with Gasteiger partial charge in [0.2, 0.25) is 0 Å². The maximum atomic E-state index is 13.6. The molecule has 4 fully saturated rings. The van der Waals surface area contributed by atoms with Crippen LogP contribution in [0.4, 0.5) is 0 Å². The van der Waals surface area contributed by atoms with Crippen molar-refractivity contribution >= 4 is 5.78 Å². The minimum absolute atomic E-state index is 0.157. The molecule has 6 rings (SSSR count). The fraction of sp³-hybridized carbons (Fsp3) is 0.519. The van der Waals surface area contributed by atoms with Gasteiger partial charge in [-0.25, -0.2) is 0 Å². The number of ketones is 1. The summed E-state index contributed by atoms with van der Waals surface area (Å²) in [6.07, 6.45) is 4.47. The number of nitrogens with zero attached hydrogens (tertiary/aromatic N) is 2. The third-order valence-corrected chi connectivity index (χ3v) is 7.56. The maximum Gasteiger partial charge on any atom is 0.150 e. The van der Waals surface area contributed by atoms with Crippen LogP contribution in [0.1, 0.15) is 56.8 Å². The Hall–Kier alpha value is -2.17. The van der Waals surface area contributed by atoms with Crippen LogP contribution in [-0.2, 0) is 11.4 Å². The van der Waals surface area contributed by atoms with Crippen LogP contribution in [0.25, 0.3) is 0 Å². The third kappa shape index (κ3) is 3.50. The summed E-state index contributed by atoms with van der Waals surface area (Å²) in [4.78, 5) is 18.8. The van der Waals surface area contributed by atoms with Crippen molar-refractivity contribution in [1.82, 2.24) is 9.80 Å². The van der Waals surface area contributed by atoms with Crippen molar-refractivity contribution in [3.8, 4) is 5.75 Å². The lowest BCUT2D eigenvalue weighted by Crippen LogP contribution is -2.76. The Morgan fingerprint density at radius 1 is 0.839 bits per heavy atom. The standard InChI is InChI=1S/C27H34N2O2/c1-3-14-26-17-28-19-27(15-4-2,25(26)30)20-29(18-26)24(28)22-10-12-23(13-11-22)31-16-21-8-6-5-7-9-21/h5-13,24H,3-4,14-20H2,1-2H3. The fourth-order valence-corrected chi connectivity index (χ4v) is 6.59. The van der Waals surface area contributed by atoms with E-state index in [9.17, 15) is 4.79 Å². The number of carbonyl (C=O) groups excluding carboxylic acids is 1. The van der Waals surface area contributed by atoms with E-state index < -0.39 is 0 Å². The molecular weight excluding hydrogens is 384 g/mol. The third-order valence-electron chi connectivity index (χ3n) is 7.56. The lowest BCUT2D eigenvalue weighted by molar-refractivity contribution is -0.205. The number of carbonyl (C=O) groups is 1. The van der Waals surface area contributed by atoms with Crippen LogP contribution in [0, 0.1) is 10.8 Å². The predicted molar refractivity (Wildman–Crippen MR) is 123 cm³/mol. The Balaban J connectivity index is 1.35. The SMILES string of the molecule is CCCC12CN3CC(CCC)(CN(C1)C3c1ccc(OCc3ccccc3)cc1)C2=O. The molecule has 0 aromatic heterocycles. The number of benzene rings is 2. The Bertz CT molecular complexity index is 880. The number of hydrogen-bond acceptors (Lipinski definition) is 4. The van der Waals surface area contributed by atoms with Gasteiger partial charge in [-0.3, -0.25) is 14.6 Å². The minimum Gasteiger partial charge on any atom is -0.489 e. The molecule has 4 saturated heterocycles. The molecule has 0 unspecified atom stereocenters. The van der Waals surface area contributed by atoms with Gasteiger partial charge in [-0.15, -0.1) is 0 Å². The first-order valence-corrected chi connectivity index (χ1v) is 11.9. The highest BCUT2D eigenvalue weighted by Gasteiger charge is 2.64. The number of ether oxygens (including phenoxy) is 1. The van der Waals surface area contributed by atoms with Crippen LogP contribution in [0.5, 0.6) is 5.75 Å². The molecule has 4 aliphatic heterocycles. The van der Waals surface area contributed by atoms with Crippen molar-refractivity contribution < 1.29 is 9.53 Å². The Morgan fingerprint density at radius 2 is 1.39 bits per heavy atom. The molecule has 4 aliphatic rings. The average molecular weight is 419 g/mol. The Kier molecular flexibility index (Phi) is 5.39. The second kappa shape index (κ2) is 8.07. The van der Waals surface area contributed by atoms with E-state index in [0.717, 1.165) is 57.6 Å². The molecule has 0 spiro atoms. The highest BCUT2D eigenvalue weighted by molar-refractivity contribution is 5.93. The minimum atomic E-state index is -0.157. The lowest BCUT2D eigenvalue weighted by atomic mass is 9.57. The molecule has 4 nitrogen and oxygen atoms in total. The van der Waals surface area contributed by atoms with Gasteiger partial charge in [0.05, 0.1) is 17.0 Å². The number of hydrogen-bond donors (Lipinski definition) is 0. The van der Waals surface area contributed by atoms with E-state index in [1.165, 1.54) is 11.1 Å². The molecule has 31 heavy (non-hydrogen) atoms. The largest absolute Gasteiger partial charge is 0.489 e. The summed E-state index contributed by atoms with van der Waals surface area (Å²) >= 11 is 0. The van der Waals surface area contributed by atoms with E-state index >= 15 is 0 Å². The summed E-state index contributed by atoms with van der Waals surface area (Å²) in [5, 5.41) is 0. The summed E-state index contributed by atoms with van der Waals surface area (Å²) in [6, 6.07) is 18.9. The quantitative estimate of drug-likeness (QED) is 0.600.